The van der Waals surface area contributed by atoms with E-state index < -0.39 is 11.7 Å². The van der Waals surface area contributed by atoms with Crippen molar-refractivity contribution in [3.63, 3.8) is 0 Å². The SMILES string of the molecule is CCc1nncn1CCNC(=NCc1ccco1)N(C)Cc1ccc(C(F)(F)F)cc1. The lowest BCUT2D eigenvalue weighted by atomic mass is 10.1. The van der Waals surface area contributed by atoms with Crippen LogP contribution in [0.5, 0.6) is 0 Å². The Morgan fingerprint density at radius 3 is 2.65 bits per heavy atom. The van der Waals surface area contributed by atoms with Crippen LogP contribution in [0.15, 0.2) is 58.4 Å². The lowest BCUT2D eigenvalue weighted by Crippen LogP contribution is -2.40. The number of rotatable bonds is 8. The summed E-state index contributed by atoms with van der Waals surface area (Å²) in [4.78, 5) is 6.46. The molecule has 0 saturated carbocycles. The molecule has 2 heterocycles. The van der Waals surface area contributed by atoms with Gasteiger partial charge in [0.15, 0.2) is 5.96 Å². The molecule has 2 aromatic heterocycles. The minimum Gasteiger partial charge on any atom is -0.467 e. The summed E-state index contributed by atoms with van der Waals surface area (Å²) in [6, 6.07) is 8.77. The predicted octanol–water partition coefficient (Wildman–Crippen LogP) is 3.73. The van der Waals surface area contributed by atoms with E-state index in [1.54, 1.807) is 18.7 Å². The van der Waals surface area contributed by atoms with Crippen LogP contribution in [0.2, 0.25) is 0 Å². The molecule has 0 radical (unpaired) electrons. The van der Waals surface area contributed by atoms with Crippen LogP contribution in [-0.2, 0) is 32.2 Å². The van der Waals surface area contributed by atoms with E-state index >= 15 is 0 Å². The van der Waals surface area contributed by atoms with Gasteiger partial charge in [-0.2, -0.15) is 13.2 Å². The number of alkyl halides is 3. The van der Waals surface area contributed by atoms with Gasteiger partial charge in [0, 0.05) is 33.1 Å². The number of guanidine groups is 1. The third-order valence-electron chi connectivity index (χ3n) is 4.68. The van der Waals surface area contributed by atoms with E-state index in [0.29, 0.717) is 37.9 Å². The topological polar surface area (TPSA) is 71.5 Å². The Morgan fingerprint density at radius 1 is 1.23 bits per heavy atom. The molecule has 1 aromatic carbocycles. The van der Waals surface area contributed by atoms with Crippen molar-refractivity contribution in [2.75, 3.05) is 13.6 Å². The van der Waals surface area contributed by atoms with Crippen molar-refractivity contribution in [2.45, 2.75) is 39.2 Å². The van der Waals surface area contributed by atoms with Crippen LogP contribution in [-0.4, -0.2) is 39.2 Å². The maximum Gasteiger partial charge on any atom is 0.416 e. The van der Waals surface area contributed by atoms with E-state index in [1.165, 1.54) is 12.1 Å². The molecule has 3 rings (SSSR count). The third kappa shape index (κ3) is 6.34. The van der Waals surface area contributed by atoms with Crippen molar-refractivity contribution < 1.29 is 17.6 Å². The number of hydrogen-bond acceptors (Lipinski definition) is 4. The van der Waals surface area contributed by atoms with Crippen molar-refractivity contribution in [1.82, 2.24) is 25.0 Å². The largest absolute Gasteiger partial charge is 0.467 e. The molecule has 10 heteroatoms. The molecule has 3 aromatic rings. The number of hydrogen-bond donors (Lipinski definition) is 1. The van der Waals surface area contributed by atoms with Crippen molar-refractivity contribution in [3.8, 4) is 0 Å². The van der Waals surface area contributed by atoms with E-state index in [-0.39, 0.29) is 0 Å². The number of aliphatic imine (C=N–C) groups is 1. The van der Waals surface area contributed by atoms with Crippen LogP contribution in [0.1, 0.15) is 29.6 Å². The highest BCUT2D eigenvalue weighted by Crippen LogP contribution is 2.29. The third-order valence-corrected chi connectivity index (χ3v) is 4.68. The summed E-state index contributed by atoms with van der Waals surface area (Å²) < 4.78 is 45.7. The molecule has 31 heavy (non-hydrogen) atoms. The minimum absolute atomic E-state index is 0.347. The maximum absolute atomic E-state index is 12.8. The Morgan fingerprint density at radius 2 is 2.00 bits per heavy atom. The van der Waals surface area contributed by atoms with Gasteiger partial charge in [0.2, 0.25) is 0 Å². The van der Waals surface area contributed by atoms with Gasteiger partial charge in [-0.25, -0.2) is 4.99 Å². The van der Waals surface area contributed by atoms with Gasteiger partial charge in [-0.15, -0.1) is 10.2 Å². The van der Waals surface area contributed by atoms with E-state index in [1.807, 2.05) is 29.5 Å². The smallest absolute Gasteiger partial charge is 0.416 e. The summed E-state index contributed by atoms with van der Waals surface area (Å²) in [5.41, 5.74) is 0.0829. The zero-order chi connectivity index (χ0) is 22.3. The van der Waals surface area contributed by atoms with Gasteiger partial charge in [-0.05, 0) is 29.8 Å². The first-order valence-corrected chi connectivity index (χ1v) is 9.91. The second kappa shape index (κ2) is 10.1. The van der Waals surface area contributed by atoms with Crippen molar-refractivity contribution in [1.29, 1.82) is 0 Å². The van der Waals surface area contributed by atoms with Gasteiger partial charge in [0.25, 0.3) is 0 Å². The zero-order valence-electron chi connectivity index (χ0n) is 17.4. The number of aryl methyl sites for hydroxylation is 1. The molecule has 1 N–H and O–H groups in total. The van der Waals surface area contributed by atoms with Crippen molar-refractivity contribution in [3.05, 3.63) is 71.7 Å². The van der Waals surface area contributed by atoms with Crippen molar-refractivity contribution in [2.24, 2.45) is 4.99 Å². The van der Waals surface area contributed by atoms with Gasteiger partial charge >= 0.3 is 6.18 Å². The quantitative estimate of drug-likeness (QED) is 0.432. The van der Waals surface area contributed by atoms with Gasteiger partial charge in [0.05, 0.1) is 11.8 Å². The van der Waals surface area contributed by atoms with Crippen LogP contribution in [0, 0.1) is 0 Å². The molecule has 0 atom stereocenters. The fraction of sp³-hybridized carbons (Fsp3) is 0.381. The molecule has 0 spiro atoms. The Labute approximate surface area is 178 Å². The number of aromatic nitrogens is 3. The number of halogens is 3. The number of nitrogens with zero attached hydrogens (tertiary/aromatic N) is 5. The monoisotopic (exact) mass is 434 g/mol. The normalized spacial score (nSPS) is 12.2. The highest BCUT2D eigenvalue weighted by Gasteiger charge is 2.29. The summed E-state index contributed by atoms with van der Waals surface area (Å²) in [6.07, 6.45) is -0.289. The van der Waals surface area contributed by atoms with E-state index in [2.05, 4.69) is 20.5 Å². The minimum atomic E-state index is -4.35. The molecular formula is C21H25F3N6O. The van der Waals surface area contributed by atoms with Gasteiger partial charge < -0.3 is 19.2 Å². The Kier molecular flexibility index (Phi) is 7.32. The van der Waals surface area contributed by atoms with Crippen LogP contribution in [0.4, 0.5) is 13.2 Å². The highest BCUT2D eigenvalue weighted by atomic mass is 19.4. The molecule has 0 aliphatic rings. The Bertz CT molecular complexity index is 964. The first kappa shape index (κ1) is 22.4. The molecule has 0 bridgehead atoms. The molecule has 0 aliphatic heterocycles. The lowest BCUT2D eigenvalue weighted by molar-refractivity contribution is -0.137. The van der Waals surface area contributed by atoms with Gasteiger partial charge in [0.1, 0.15) is 24.5 Å². The fourth-order valence-electron chi connectivity index (χ4n) is 3.04. The fourth-order valence-corrected chi connectivity index (χ4v) is 3.04. The molecule has 0 unspecified atom stereocenters. The Balaban J connectivity index is 1.66. The summed E-state index contributed by atoms with van der Waals surface area (Å²) in [7, 11) is 1.84. The van der Waals surface area contributed by atoms with Gasteiger partial charge in [-0.1, -0.05) is 19.1 Å². The molecule has 0 amide bonds. The van der Waals surface area contributed by atoms with Crippen LogP contribution >= 0.6 is 0 Å². The summed E-state index contributed by atoms with van der Waals surface area (Å²) >= 11 is 0. The summed E-state index contributed by atoms with van der Waals surface area (Å²) in [5.74, 6) is 2.23. The predicted molar refractivity (Wildman–Crippen MR) is 110 cm³/mol. The molecule has 166 valence electrons. The van der Waals surface area contributed by atoms with Crippen LogP contribution in [0.3, 0.4) is 0 Å². The second-order valence-electron chi connectivity index (χ2n) is 6.99. The van der Waals surface area contributed by atoms with E-state index in [0.717, 1.165) is 29.9 Å². The molecule has 0 fully saturated rings. The average molecular weight is 434 g/mol. The van der Waals surface area contributed by atoms with Gasteiger partial charge in [-0.3, -0.25) is 0 Å². The maximum atomic E-state index is 12.8. The number of nitrogens with one attached hydrogen (secondary N) is 1. The average Bonchev–Trinajstić information content (AvgIpc) is 3.41. The van der Waals surface area contributed by atoms with E-state index in [4.69, 9.17) is 4.42 Å². The number of furan rings is 1. The number of benzene rings is 1. The first-order chi connectivity index (χ1) is 14.9. The molecule has 0 aliphatic carbocycles. The first-order valence-electron chi connectivity index (χ1n) is 9.91. The van der Waals surface area contributed by atoms with Crippen LogP contribution < -0.4 is 5.32 Å². The Hall–Kier alpha value is -3.30. The van der Waals surface area contributed by atoms with Crippen molar-refractivity contribution >= 4 is 5.96 Å². The van der Waals surface area contributed by atoms with Crippen LogP contribution in [0.25, 0.3) is 0 Å². The molecular weight excluding hydrogens is 409 g/mol. The summed E-state index contributed by atoms with van der Waals surface area (Å²) in [5, 5.41) is 11.3. The lowest BCUT2D eigenvalue weighted by Gasteiger charge is -2.23. The summed E-state index contributed by atoms with van der Waals surface area (Å²) in [6.45, 7) is 4.00. The molecule has 7 nitrogen and oxygen atoms in total. The molecule has 0 saturated heterocycles. The zero-order valence-corrected chi connectivity index (χ0v) is 17.4. The van der Waals surface area contributed by atoms with E-state index in [9.17, 15) is 13.2 Å². The second-order valence-corrected chi connectivity index (χ2v) is 6.99. The highest BCUT2D eigenvalue weighted by molar-refractivity contribution is 5.79. The standard InChI is InChI=1S/C21H25F3N6O/c1-3-19-28-27-15-30(19)11-10-25-20(26-13-18-5-4-12-31-18)29(2)14-16-6-8-17(9-7-16)21(22,23)24/h4-9,12,15H,3,10-11,13-14H2,1-2H3,(H,25,26).